The van der Waals surface area contributed by atoms with Gasteiger partial charge in [-0.1, -0.05) is 31.0 Å². The van der Waals surface area contributed by atoms with Gasteiger partial charge in [0.05, 0.1) is 0 Å². The van der Waals surface area contributed by atoms with Crippen molar-refractivity contribution in [3.8, 4) is 5.75 Å². The molecule has 0 heterocycles. The van der Waals surface area contributed by atoms with Crippen LogP contribution in [0.2, 0.25) is 0 Å². The molecule has 0 bridgehead atoms. The first-order valence-corrected chi connectivity index (χ1v) is 4.44. The van der Waals surface area contributed by atoms with Crippen LogP contribution in [0.3, 0.4) is 0 Å². The van der Waals surface area contributed by atoms with Crippen molar-refractivity contribution in [1.29, 1.82) is 0 Å². The number of phenolic OH excluding ortho intramolecular Hbond substituents is 1. The average Bonchev–Trinajstić information content (AvgIpc) is 2.00. The van der Waals surface area contributed by atoms with Gasteiger partial charge < -0.3 is 5.11 Å². The monoisotopic (exact) mass is 164 g/mol. The molecule has 0 aliphatic carbocycles. The second-order valence-electron chi connectivity index (χ2n) is 3.34. The van der Waals surface area contributed by atoms with Crippen molar-refractivity contribution in [3.63, 3.8) is 0 Å². The number of aryl methyl sites for hydroxylation is 3. The first-order chi connectivity index (χ1) is 5.65. The van der Waals surface area contributed by atoms with E-state index >= 15 is 0 Å². The minimum Gasteiger partial charge on any atom is -0.507 e. The summed E-state index contributed by atoms with van der Waals surface area (Å²) in [5.74, 6) is 0.474. The minimum atomic E-state index is 0.474. The highest BCUT2D eigenvalue weighted by Gasteiger charge is 2.03. The zero-order valence-corrected chi connectivity index (χ0v) is 8.02. The average molecular weight is 164 g/mol. The van der Waals surface area contributed by atoms with E-state index in [1.54, 1.807) is 0 Å². The van der Waals surface area contributed by atoms with Crippen molar-refractivity contribution < 1.29 is 5.11 Å². The lowest BCUT2D eigenvalue weighted by atomic mass is 10.0. The molecule has 1 nitrogen and oxygen atoms in total. The summed E-state index contributed by atoms with van der Waals surface area (Å²) in [5, 5.41) is 9.65. The highest BCUT2D eigenvalue weighted by molar-refractivity contribution is 5.42. The van der Waals surface area contributed by atoms with Gasteiger partial charge >= 0.3 is 0 Å². The molecule has 0 aliphatic rings. The van der Waals surface area contributed by atoms with Crippen LogP contribution in [0.25, 0.3) is 0 Å². The first-order valence-electron chi connectivity index (χ1n) is 4.44. The van der Waals surface area contributed by atoms with Gasteiger partial charge in [-0.05, 0) is 31.4 Å². The molecule has 0 saturated carbocycles. The Labute approximate surface area is 74.1 Å². The van der Waals surface area contributed by atoms with Gasteiger partial charge in [0.2, 0.25) is 0 Å². The molecular weight excluding hydrogens is 148 g/mol. The number of aromatic hydroxyl groups is 1. The topological polar surface area (TPSA) is 20.2 Å². The number of hydrogen-bond donors (Lipinski definition) is 1. The van der Waals surface area contributed by atoms with Crippen LogP contribution in [0.1, 0.15) is 30.0 Å². The molecule has 1 aromatic rings. The van der Waals surface area contributed by atoms with Crippen LogP contribution < -0.4 is 0 Å². The Balaban J connectivity index is 3.09. The van der Waals surface area contributed by atoms with Crippen LogP contribution in [0.4, 0.5) is 0 Å². The second-order valence-corrected chi connectivity index (χ2v) is 3.34. The quantitative estimate of drug-likeness (QED) is 0.712. The van der Waals surface area contributed by atoms with E-state index in [-0.39, 0.29) is 0 Å². The van der Waals surface area contributed by atoms with Gasteiger partial charge in [-0.2, -0.15) is 0 Å². The third-order valence-corrected chi connectivity index (χ3v) is 2.04. The van der Waals surface area contributed by atoms with E-state index in [1.807, 2.05) is 13.0 Å². The Hall–Kier alpha value is -0.980. The predicted octanol–water partition coefficient (Wildman–Crippen LogP) is 2.96. The van der Waals surface area contributed by atoms with E-state index in [0.29, 0.717) is 5.75 Å². The molecular formula is C11H16O. The van der Waals surface area contributed by atoms with Crippen LogP contribution in [0.5, 0.6) is 5.75 Å². The van der Waals surface area contributed by atoms with Crippen molar-refractivity contribution in [2.45, 2.75) is 33.6 Å². The van der Waals surface area contributed by atoms with Crippen LogP contribution >= 0.6 is 0 Å². The van der Waals surface area contributed by atoms with Gasteiger partial charge in [0.25, 0.3) is 0 Å². The fourth-order valence-electron chi connectivity index (χ4n) is 1.51. The first kappa shape index (κ1) is 9.11. The highest BCUT2D eigenvalue weighted by Crippen LogP contribution is 2.24. The van der Waals surface area contributed by atoms with Crippen molar-refractivity contribution in [1.82, 2.24) is 0 Å². The van der Waals surface area contributed by atoms with E-state index < -0.39 is 0 Å². The molecule has 0 aliphatic heterocycles. The maximum Gasteiger partial charge on any atom is 0.121 e. The minimum absolute atomic E-state index is 0.474. The zero-order valence-electron chi connectivity index (χ0n) is 8.02. The number of rotatable bonds is 2. The molecule has 1 aromatic carbocycles. The Morgan fingerprint density at radius 2 is 1.92 bits per heavy atom. The van der Waals surface area contributed by atoms with E-state index in [1.165, 1.54) is 5.56 Å². The summed E-state index contributed by atoms with van der Waals surface area (Å²) in [7, 11) is 0. The van der Waals surface area contributed by atoms with Crippen molar-refractivity contribution in [3.05, 3.63) is 28.8 Å². The SMILES string of the molecule is CCCc1cc(C)cc(C)c1O. The number of hydrogen-bond acceptors (Lipinski definition) is 1. The Morgan fingerprint density at radius 3 is 2.50 bits per heavy atom. The van der Waals surface area contributed by atoms with Crippen molar-refractivity contribution >= 4 is 0 Å². The van der Waals surface area contributed by atoms with Gasteiger partial charge in [-0.15, -0.1) is 0 Å². The largest absolute Gasteiger partial charge is 0.507 e. The predicted molar refractivity (Wildman–Crippen MR) is 51.6 cm³/mol. The lowest BCUT2D eigenvalue weighted by molar-refractivity contribution is 0.463. The van der Waals surface area contributed by atoms with Crippen LogP contribution in [-0.2, 0) is 6.42 Å². The standard InChI is InChI=1S/C11H16O/c1-4-5-10-7-8(2)6-9(3)11(10)12/h6-7,12H,4-5H2,1-3H3. The number of phenols is 1. The van der Waals surface area contributed by atoms with Gasteiger partial charge in [-0.3, -0.25) is 0 Å². The summed E-state index contributed by atoms with van der Waals surface area (Å²) in [6.07, 6.45) is 2.05. The van der Waals surface area contributed by atoms with E-state index in [4.69, 9.17) is 0 Å². The molecule has 0 spiro atoms. The maximum atomic E-state index is 9.65. The maximum absolute atomic E-state index is 9.65. The summed E-state index contributed by atoms with van der Waals surface area (Å²) < 4.78 is 0. The van der Waals surface area contributed by atoms with Crippen LogP contribution in [-0.4, -0.2) is 5.11 Å². The van der Waals surface area contributed by atoms with Gasteiger partial charge in [0.15, 0.2) is 0 Å². The third kappa shape index (κ3) is 1.79. The lowest BCUT2D eigenvalue weighted by Gasteiger charge is -2.07. The molecule has 0 fully saturated rings. The summed E-state index contributed by atoms with van der Waals surface area (Å²) in [4.78, 5) is 0. The molecule has 0 saturated heterocycles. The summed E-state index contributed by atoms with van der Waals surface area (Å²) in [6.45, 7) is 6.13. The molecule has 0 aromatic heterocycles. The molecule has 1 rings (SSSR count). The summed E-state index contributed by atoms with van der Waals surface area (Å²) in [5.41, 5.74) is 3.29. The smallest absolute Gasteiger partial charge is 0.121 e. The normalized spacial score (nSPS) is 10.2. The summed E-state index contributed by atoms with van der Waals surface area (Å²) in [6, 6.07) is 4.07. The third-order valence-electron chi connectivity index (χ3n) is 2.04. The lowest BCUT2D eigenvalue weighted by Crippen LogP contribution is -1.88. The Kier molecular flexibility index (Phi) is 2.74. The van der Waals surface area contributed by atoms with E-state index in [9.17, 15) is 5.11 Å². The van der Waals surface area contributed by atoms with Crippen LogP contribution in [0.15, 0.2) is 12.1 Å². The van der Waals surface area contributed by atoms with Gasteiger partial charge in [-0.25, -0.2) is 0 Å². The molecule has 1 N–H and O–H groups in total. The number of benzene rings is 1. The van der Waals surface area contributed by atoms with Gasteiger partial charge in [0, 0.05) is 0 Å². The van der Waals surface area contributed by atoms with Crippen LogP contribution in [0, 0.1) is 13.8 Å². The fraction of sp³-hybridized carbons (Fsp3) is 0.455. The Bertz CT molecular complexity index is 277. The van der Waals surface area contributed by atoms with Crippen molar-refractivity contribution in [2.75, 3.05) is 0 Å². The molecule has 12 heavy (non-hydrogen) atoms. The highest BCUT2D eigenvalue weighted by atomic mass is 16.3. The molecule has 66 valence electrons. The van der Waals surface area contributed by atoms with Gasteiger partial charge in [0.1, 0.15) is 5.75 Å². The molecule has 1 heteroatoms. The molecule has 0 radical (unpaired) electrons. The zero-order chi connectivity index (χ0) is 9.14. The van der Waals surface area contributed by atoms with Crippen molar-refractivity contribution in [2.24, 2.45) is 0 Å². The van der Waals surface area contributed by atoms with E-state index in [2.05, 4.69) is 19.9 Å². The summed E-state index contributed by atoms with van der Waals surface area (Å²) >= 11 is 0. The molecule has 0 atom stereocenters. The Morgan fingerprint density at radius 1 is 1.25 bits per heavy atom. The van der Waals surface area contributed by atoms with E-state index in [0.717, 1.165) is 24.0 Å². The fourth-order valence-corrected chi connectivity index (χ4v) is 1.51. The molecule has 0 amide bonds. The second kappa shape index (κ2) is 3.61. The molecule has 0 unspecified atom stereocenters.